The maximum atomic E-state index is 5.47. The Morgan fingerprint density at radius 2 is 2.31 bits per heavy atom. The largest absolute Gasteiger partial charge is 0.381 e. The van der Waals surface area contributed by atoms with Gasteiger partial charge in [-0.2, -0.15) is 0 Å². The number of nitrogens with one attached hydrogen (secondary N) is 2. The van der Waals surface area contributed by atoms with Gasteiger partial charge in [0.1, 0.15) is 0 Å². The second kappa shape index (κ2) is 6.16. The molecular formula is C9H18N2OS. The van der Waals surface area contributed by atoms with E-state index in [2.05, 4.69) is 10.6 Å². The van der Waals surface area contributed by atoms with Crippen molar-refractivity contribution in [3.8, 4) is 0 Å². The first-order chi connectivity index (χ1) is 6.33. The molecule has 0 radical (unpaired) electrons. The highest BCUT2D eigenvalue weighted by molar-refractivity contribution is 7.80. The monoisotopic (exact) mass is 202 g/mol. The van der Waals surface area contributed by atoms with Crippen molar-refractivity contribution in [3.63, 3.8) is 0 Å². The second-order valence-corrected chi connectivity index (χ2v) is 3.79. The van der Waals surface area contributed by atoms with E-state index in [9.17, 15) is 0 Å². The molecule has 0 spiro atoms. The maximum Gasteiger partial charge on any atom is 0.166 e. The van der Waals surface area contributed by atoms with E-state index in [1.807, 2.05) is 7.05 Å². The van der Waals surface area contributed by atoms with Gasteiger partial charge < -0.3 is 15.4 Å². The molecule has 1 rings (SSSR count). The Labute approximate surface area is 85.2 Å². The van der Waals surface area contributed by atoms with E-state index in [-0.39, 0.29) is 0 Å². The molecule has 1 aliphatic carbocycles. The first kappa shape index (κ1) is 10.7. The molecule has 0 heterocycles. The lowest BCUT2D eigenvalue weighted by Gasteiger charge is -2.06. The van der Waals surface area contributed by atoms with Gasteiger partial charge in [0.15, 0.2) is 5.11 Å². The molecular weight excluding hydrogens is 184 g/mol. The summed E-state index contributed by atoms with van der Waals surface area (Å²) in [6, 6.07) is 0. The zero-order valence-corrected chi connectivity index (χ0v) is 8.95. The number of hydrogen-bond donors (Lipinski definition) is 2. The van der Waals surface area contributed by atoms with Gasteiger partial charge >= 0.3 is 0 Å². The fraction of sp³-hybridized carbons (Fsp3) is 0.889. The molecule has 0 aromatic heterocycles. The third-order valence-electron chi connectivity index (χ3n) is 2.03. The Hall–Kier alpha value is -0.350. The van der Waals surface area contributed by atoms with Crippen molar-refractivity contribution >= 4 is 17.3 Å². The van der Waals surface area contributed by atoms with Crippen LogP contribution in [-0.4, -0.2) is 31.9 Å². The van der Waals surface area contributed by atoms with Crippen LogP contribution in [0.15, 0.2) is 0 Å². The number of rotatable bonds is 6. The number of ether oxygens (including phenoxy) is 1. The fourth-order valence-electron chi connectivity index (χ4n) is 0.999. The lowest BCUT2D eigenvalue weighted by molar-refractivity contribution is 0.123. The minimum atomic E-state index is 0.710. The molecule has 0 saturated heterocycles. The Morgan fingerprint density at radius 1 is 1.54 bits per heavy atom. The molecule has 3 nitrogen and oxygen atoms in total. The van der Waals surface area contributed by atoms with Crippen molar-refractivity contribution in [2.75, 3.05) is 26.8 Å². The van der Waals surface area contributed by atoms with Crippen LogP contribution in [0.3, 0.4) is 0 Å². The van der Waals surface area contributed by atoms with Gasteiger partial charge in [0.05, 0.1) is 0 Å². The number of thiocarbonyl (C=S) groups is 1. The van der Waals surface area contributed by atoms with E-state index in [1.165, 1.54) is 12.8 Å². The van der Waals surface area contributed by atoms with Gasteiger partial charge in [-0.1, -0.05) is 0 Å². The van der Waals surface area contributed by atoms with Crippen LogP contribution >= 0.6 is 12.2 Å². The maximum absolute atomic E-state index is 5.47. The van der Waals surface area contributed by atoms with Crippen molar-refractivity contribution in [2.24, 2.45) is 5.92 Å². The SMILES string of the molecule is CNC(=S)NCCCOCC1CC1. The number of hydrogen-bond acceptors (Lipinski definition) is 2. The molecule has 0 atom stereocenters. The Morgan fingerprint density at radius 3 is 2.92 bits per heavy atom. The van der Waals surface area contributed by atoms with Crippen molar-refractivity contribution in [1.82, 2.24) is 10.6 Å². The van der Waals surface area contributed by atoms with E-state index in [4.69, 9.17) is 17.0 Å². The van der Waals surface area contributed by atoms with Crippen LogP contribution in [0.4, 0.5) is 0 Å². The third kappa shape index (κ3) is 5.82. The van der Waals surface area contributed by atoms with E-state index < -0.39 is 0 Å². The minimum absolute atomic E-state index is 0.710. The molecule has 76 valence electrons. The predicted molar refractivity (Wildman–Crippen MR) is 57.8 cm³/mol. The van der Waals surface area contributed by atoms with E-state index >= 15 is 0 Å². The quantitative estimate of drug-likeness (QED) is 0.495. The molecule has 13 heavy (non-hydrogen) atoms. The lowest BCUT2D eigenvalue weighted by atomic mass is 10.4. The average Bonchev–Trinajstić information content (AvgIpc) is 2.94. The zero-order valence-electron chi connectivity index (χ0n) is 8.14. The second-order valence-electron chi connectivity index (χ2n) is 3.38. The smallest absolute Gasteiger partial charge is 0.166 e. The van der Waals surface area contributed by atoms with Crippen LogP contribution in [0.1, 0.15) is 19.3 Å². The van der Waals surface area contributed by atoms with E-state index in [0.29, 0.717) is 5.11 Å². The van der Waals surface area contributed by atoms with Crippen molar-refractivity contribution in [2.45, 2.75) is 19.3 Å². The lowest BCUT2D eigenvalue weighted by Crippen LogP contribution is -2.33. The summed E-state index contributed by atoms with van der Waals surface area (Å²) in [5, 5.41) is 6.65. The summed E-state index contributed by atoms with van der Waals surface area (Å²) in [6.07, 6.45) is 3.75. The van der Waals surface area contributed by atoms with Crippen LogP contribution in [0.5, 0.6) is 0 Å². The topological polar surface area (TPSA) is 33.3 Å². The van der Waals surface area contributed by atoms with E-state index in [1.54, 1.807) is 0 Å². The Bertz CT molecular complexity index is 160. The zero-order chi connectivity index (χ0) is 9.52. The summed E-state index contributed by atoms with van der Waals surface area (Å²) in [5.41, 5.74) is 0. The van der Waals surface area contributed by atoms with Gasteiger partial charge in [0.2, 0.25) is 0 Å². The summed E-state index contributed by atoms with van der Waals surface area (Å²) >= 11 is 4.92. The van der Waals surface area contributed by atoms with Gasteiger partial charge in [-0.05, 0) is 37.4 Å². The highest BCUT2D eigenvalue weighted by Gasteiger charge is 2.20. The van der Waals surface area contributed by atoms with Crippen molar-refractivity contribution < 1.29 is 4.74 Å². The van der Waals surface area contributed by atoms with Crippen LogP contribution in [-0.2, 0) is 4.74 Å². The van der Waals surface area contributed by atoms with Gasteiger partial charge in [0, 0.05) is 26.8 Å². The molecule has 1 aliphatic rings. The molecule has 2 N–H and O–H groups in total. The first-order valence-electron chi connectivity index (χ1n) is 4.86. The van der Waals surface area contributed by atoms with Gasteiger partial charge in [-0.15, -0.1) is 0 Å². The predicted octanol–water partition coefficient (Wildman–Crippen LogP) is 0.897. The van der Waals surface area contributed by atoms with Crippen molar-refractivity contribution in [1.29, 1.82) is 0 Å². The molecule has 1 saturated carbocycles. The van der Waals surface area contributed by atoms with Crippen LogP contribution < -0.4 is 10.6 Å². The van der Waals surface area contributed by atoms with Gasteiger partial charge in [-0.25, -0.2) is 0 Å². The highest BCUT2D eigenvalue weighted by atomic mass is 32.1. The third-order valence-corrected chi connectivity index (χ3v) is 2.38. The molecule has 0 bridgehead atoms. The van der Waals surface area contributed by atoms with Gasteiger partial charge in [0.25, 0.3) is 0 Å². The molecule has 0 aliphatic heterocycles. The molecule has 0 unspecified atom stereocenters. The normalized spacial score (nSPS) is 15.5. The Balaban J connectivity index is 1.75. The van der Waals surface area contributed by atoms with Crippen LogP contribution in [0.25, 0.3) is 0 Å². The summed E-state index contributed by atoms with van der Waals surface area (Å²) in [5.74, 6) is 0.867. The summed E-state index contributed by atoms with van der Waals surface area (Å²) in [7, 11) is 1.82. The fourth-order valence-corrected chi connectivity index (χ4v) is 1.10. The summed E-state index contributed by atoms with van der Waals surface area (Å²) < 4.78 is 5.47. The Kier molecular flexibility index (Phi) is 5.08. The van der Waals surface area contributed by atoms with Crippen molar-refractivity contribution in [3.05, 3.63) is 0 Å². The van der Waals surface area contributed by atoms with E-state index in [0.717, 1.165) is 32.1 Å². The summed E-state index contributed by atoms with van der Waals surface area (Å²) in [6.45, 7) is 2.69. The summed E-state index contributed by atoms with van der Waals surface area (Å²) in [4.78, 5) is 0. The van der Waals surface area contributed by atoms with Crippen LogP contribution in [0, 0.1) is 5.92 Å². The molecule has 4 heteroatoms. The molecule has 0 aromatic carbocycles. The van der Waals surface area contributed by atoms with Crippen LogP contribution in [0.2, 0.25) is 0 Å². The highest BCUT2D eigenvalue weighted by Crippen LogP contribution is 2.28. The average molecular weight is 202 g/mol. The molecule has 1 fully saturated rings. The molecule has 0 aromatic rings. The van der Waals surface area contributed by atoms with Gasteiger partial charge in [-0.3, -0.25) is 0 Å². The minimum Gasteiger partial charge on any atom is -0.381 e. The standard InChI is InChI=1S/C9H18N2OS/c1-10-9(13)11-5-2-6-12-7-8-3-4-8/h8H,2-7H2,1H3,(H2,10,11,13). The molecule has 0 amide bonds. The first-order valence-corrected chi connectivity index (χ1v) is 5.27.